The number of hydrogen-bond acceptors (Lipinski definition) is 6. The molecule has 1 aromatic heterocycles. The molecule has 7 nitrogen and oxygen atoms in total. The quantitative estimate of drug-likeness (QED) is 0.796. The van der Waals surface area contributed by atoms with Crippen LogP contribution in [-0.4, -0.2) is 68.9 Å². The fourth-order valence-corrected chi connectivity index (χ4v) is 2.72. The molecule has 0 aromatic carbocycles. The minimum absolute atomic E-state index is 0.110. The van der Waals surface area contributed by atoms with Gasteiger partial charge in [0, 0.05) is 32.7 Å². The van der Waals surface area contributed by atoms with Gasteiger partial charge in [0.2, 0.25) is 10.0 Å². The van der Waals surface area contributed by atoms with E-state index in [0.717, 1.165) is 18.8 Å². The van der Waals surface area contributed by atoms with E-state index in [1.165, 1.54) is 17.6 Å². The first kappa shape index (κ1) is 17.4. The zero-order valence-electron chi connectivity index (χ0n) is 13.1. The molecule has 1 fully saturated rings. The van der Waals surface area contributed by atoms with E-state index in [1.807, 2.05) is 6.07 Å². The van der Waals surface area contributed by atoms with E-state index in [1.54, 1.807) is 6.07 Å². The Morgan fingerprint density at radius 3 is 2.82 bits per heavy atom. The third-order valence-electron chi connectivity index (χ3n) is 3.72. The van der Waals surface area contributed by atoms with Crippen LogP contribution in [0.2, 0.25) is 0 Å². The van der Waals surface area contributed by atoms with Crippen molar-refractivity contribution in [1.29, 1.82) is 0 Å². The van der Waals surface area contributed by atoms with Crippen LogP contribution in [0.15, 0.2) is 16.5 Å². The predicted octanol–water partition coefficient (Wildman–Crippen LogP) is 0.112. The SMILES string of the molecule is CN(Cc1ccc(CN2CCOC[C@@H](CO)C2)o1)S(C)(=O)=O. The van der Waals surface area contributed by atoms with Crippen LogP contribution in [0.4, 0.5) is 0 Å². The Hall–Kier alpha value is -0.930. The third kappa shape index (κ3) is 5.06. The number of sulfonamides is 1. The molecule has 22 heavy (non-hydrogen) atoms. The van der Waals surface area contributed by atoms with E-state index in [9.17, 15) is 13.5 Å². The molecule has 0 radical (unpaired) electrons. The molecule has 1 N–H and O–H groups in total. The van der Waals surface area contributed by atoms with Crippen molar-refractivity contribution in [2.75, 3.05) is 46.2 Å². The first-order valence-corrected chi connectivity index (χ1v) is 9.13. The molecule has 1 aliphatic heterocycles. The summed E-state index contributed by atoms with van der Waals surface area (Å²) in [5.41, 5.74) is 0. The van der Waals surface area contributed by atoms with Gasteiger partial charge in [0.1, 0.15) is 11.5 Å². The fourth-order valence-electron chi connectivity index (χ4n) is 2.36. The molecule has 2 rings (SSSR count). The molecular weight excluding hydrogens is 308 g/mol. The third-order valence-corrected chi connectivity index (χ3v) is 4.98. The summed E-state index contributed by atoms with van der Waals surface area (Å²) < 4.78 is 35.2. The second-order valence-electron chi connectivity index (χ2n) is 5.75. The van der Waals surface area contributed by atoms with Gasteiger partial charge >= 0.3 is 0 Å². The Morgan fingerprint density at radius 1 is 1.41 bits per heavy atom. The van der Waals surface area contributed by atoms with Crippen LogP contribution in [0.5, 0.6) is 0 Å². The highest BCUT2D eigenvalue weighted by atomic mass is 32.2. The molecule has 0 spiro atoms. The van der Waals surface area contributed by atoms with Gasteiger partial charge in [-0.25, -0.2) is 8.42 Å². The fraction of sp³-hybridized carbons (Fsp3) is 0.714. The monoisotopic (exact) mass is 332 g/mol. The van der Waals surface area contributed by atoms with Crippen molar-refractivity contribution in [3.05, 3.63) is 23.7 Å². The lowest BCUT2D eigenvalue weighted by molar-refractivity contribution is 0.0957. The van der Waals surface area contributed by atoms with Crippen molar-refractivity contribution < 1.29 is 22.7 Å². The van der Waals surface area contributed by atoms with E-state index in [-0.39, 0.29) is 19.1 Å². The number of hydrogen-bond donors (Lipinski definition) is 1. The number of aliphatic hydroxyl groups excluding tert-OH is 1. The molecule has 0 aliphatic carbocycles. The topological polar surface area (TPSA) is 83.2 Å². The van der Waals surface area contributed by atoms with E-state index >= 15 is 0 Å². The Labute approximate surface area is 131 Å². The molecule has 126 valence electrons. The number of aliphatic hydroxyl groups is 1. The van der Waals surface area contributed by atoms with Gasteiger partial charge in [-0.1, -0.05) is 0 Å². The number of ether oxygens (including phenoxy) is 1. The molecule has 0 bridgehead atoms. The lowest BCUT2D eigenvalue weighted by Gasteiger charge is -2.21. The molecule has 0 unspecified atom stereocenters. The van der Waals surface area contributed by atoms with Crippen LogP contribution in [0, 0.1) is 5.92 Å². The molecular formula is C14H24N2O5S. The van der Waals surface area contributed by atoms with E-state index in [4.69, 9.17) is 9.15 Å². The average Bonchev–Trinajstić information content (AvgIpc) is 2.74. The molecule has 1 aromatic rings. The lowest BCUT2D eigenvalue weighted by Crippen LogP contribution is -2.30. The highest BCUT2D eigenvalue weighted by Crippen LogP contribution is 2.15. The van der Waals surface area contributed by atoms with Crippen LogP contribution in [0.1, 0.15) is 11.5 Å². The molecule has 0 saturated carbocycles. The van der Waals surface area contributed by atoms with Crippen LogP contribution in [0.3, 0.4) is 0 Å². The molecule has 1 atom stereocenters. The first-order valence-electron chi connectivity index (χ1n) is 7.28. The molecule has 1 aliphatic rings. The summed E-state index contributed by atoms with van der Waals surface area (Å²) >= 11 is 0. The summed E-state index contributed by atoms with van der Waals surface area (Å²) in [6.07, 6.45) is 1.17. The van der Waals surface area contributed by atoms with E-state index in [0.29, 0.717) is 25.5 Å². The average molecular weight is 332 g/mol. The first-order chi connectivity index (χ1) is 10.4. The Morgan fingerprint density at radius 2 is 2.14 bits per heavy atom. The van der Waals surface area contributed by atoms with E-state index in [2.05, 4.69) is 4.90 Å². The van der Waals surface area contributed by atoms with Crippen molar-refractivity contribution in [3.63, 3.8) is 0 Å². The number of rotatable bonds is 6. The number of nitrogens with zero attached hydrogens (tertiary/aromatic N) is 2. The molecule has 8 heteroatoms. The smallest absolute Gasteiger partial charge is 0.211 e. The summed E-state index contributed by atoms with van der Waals surface area (Å²) in [4.78, 5) is 2.18. The predicted molar refractivity (Wildman–Crippen MR) is 81.7 cm³/mol. The number of furan rings is 1. The van der Waals surface area contributed by atoms with E-state index < -0.39 is 10.0 Å². The maximum Gasteiger partial charge on any atom is 0.211 e. The molecule has 0 amide bonds. The van der Waals surface area contributed by atoms with Gasteiger partial charge in [0.15, 0.2) is 0 Å². The Kier molecular flexibility index (Phi) is 5.99. The van der Waals surface area contributed by atoms with Gasteiger partial charge in [-0.05, 0) is 12.1 Å². The van der Waals surface area contributed by atoms with Crippen molar-refractivity contribution in [3.8, 4) is 0 Å². The summed E-state index contributed by atoms with van der Waals surface area (Å²) in [5, 5.41) is 9.29. The highest BCUT2D eigenvalue weighted by molar-refractivity contribution is 7.88. The van der Waals surface area contributed by atoms with Gasteiger partial charge in [-0.15, -0.1) is 0 Å². The maximum atomic E-state index is 11.4. The molecule has 2 heterocycles. The van der Waals surface area contributed by atoms with Crippen molar-refractivity contribution >= 4 is 10.0 Å². The van der Waals surface area contributed by atoms with Crippen molar-refractivity contribution in [1.82, 2.24) is 9.21 Å². The van der Waals surface area contributed by atoms with Gasteiger partial charge in [0.25, 0.3) is 0 Å². The lowest BCUT2D eigenvalue weighted by atomic mass is 10.1. The van der Waals surface area contributed by atoms with Gasteiger partial charge in [-0.3, -0.25) is 4.90 Å². The Balaban J connectivity index is 1.93. The van der Waals surface area contributed by atoms with Crippen LogP contribution in [0.25, 0.3) is 0 Å². The van der Waals surface area contributed by atoms with Crippen molar-refractivity contribution in [2.24, 2.45) is 5.92 Å². The standard InChI is InChI=1S/C14H24N2O5S/c1-15(22(2,18)19)8-13-3-4-14(21-13)9-16-5-6-20-11-12(7-16)10-17/h3-4,12,17H,5-11H2,1-2H3/t12-/m1/s1. The zero-order valence-corrected chi connectivity index (χ0v) is 13.9. The molecule has 1 saturated heterocycles. The zero-order chi connectivity index (χ0) is 16.2. The largest absolute Gasteiger partial charge is 0.463 e. The van der Waals surface area contributed by atoms with Crippen molar-refractivity contribution in [2.45, 2.75) is 13.1 Å². The Bertz CT molecular complexity index is 572. The van der Waals surface area contributed by atoms with Gasteiger partial charge in [0.05, 0.1) is 32.6 Å². The summed E-state index contributed by atoms with van der Waals surface area (Å²) in [6, 6.07) is 3.67. The van der Waals surface area contributed by atoms with Gasteiger partial charge in [-0.2, -0.15) is 4.31 Å². The van der Waals surface area contributed by atoms with Crippen LogP contribution >= 0.6 is 0 Å². The normalized spacial score (nSPS) is 21.2. The summed E-state index contributed by atoms with van der Waals surface area (Å²) in [6.45, 7) is 3.73. The van der Waals surface area contributed by atoms with Crippen LogP contribution < -0.4 is 0 Å². The second kappa shape index (κ2) is 7.56. The summed E-state index contributed by atoms with van der Waals surface area (Å²) in [5.74, 6) is 1.52. The van der Waals surface area contributed by atoms with Gasteiger partial charge < -0.3 is 14.3 Å². The minimum atomic E-state index is -3.22. The maximum absolute atomic E-state index is 11.4. The van der Waals surface area contributed by atoms with Crippen LogP contribution in [-0.2, 0) is 27.8 Å². The highest BCUT2D eigenvalue weighted by Gasteiger charge is 2.19. The minimum Gasteiger partial charge on any atom is -0.463 e. The summed E-state index contributed by atoms with van der Waals surface area (Å²) in [7, 11) is -1.69. The second-order valence-corrected chi connectivity index (χ2v) is 7.84.